The summed E-state index contributed by atoms with van der Waals surface area (Å²) in [6.45, 7) is 6.50. The molecule has 0 atom stereocenters. The van der Waals surface area contributed by atoms with Gasteiger partial charge >= 0.3 is 0 Å². The van der Waals surface area contributed by atoms with E-state index in [1.807, 2.05) is 0 Å². The van der Waals surface area contributed by atoms with Crippen LogP contribution in [0.1, 0.15) is 26.3 Å². The lowest BCUT2D eigenvalue weighted by Crippen LogP contribution is -2.18. The highest BCUT2D eigenvalue weighted by Gasteiger charge is 2.13. The molecule has 0 aliphatic carbocycles. The molecule has 1 rings (SSSR count). The van der Waals surface area contributed by atoms with Gasteiger partial charge in [0, 0.05) is 16.0 Å². The van der Waals surface area contributed by atoms with Gasteiger partial charge in [-0.15, -0.1) is 11.8 Å². The van der Waals surface area contributed by atoms with Crippen molar-refractivity contribution < 1.29 is 4.79 Å². The Morgan fingerprint density at radius 1 is 1.45 bits per heavy atom. The van der Waals surface area contributed by atoms with Crippen molar-refractivity contribution in [3.8, 4) is 11.8 Å². The van der Waals surface area contributed by atoms with Gasteiger partial charge in [-0.25, -0.2) is 0 Å². The smallest absolute Gasteiger partial charge is 0.234 e. The molecule has 0 saturated carbocycles. The minimum absolute atomic E-state index is 0.0371. The van der Waals surface area contributed by atoms with Gasteiger partial charge in [-0.3, -0.25) is 4.79 Å². The maximum absolute atomic E-state index is 11.8. The summed E-state index contributed by atoms with van der Waals surface area (Å²) >= 11 is 7.63. The van der Waals surface area contributed by atoms with E-state index in [1.54, 1.807) is 30.0 Å². The Bertz CT molecular complexity index is 541. The van der Waals surface area contributed by atoms with Crippen molar-refractivity contribution >= 4 is 35.0 Å². The minimum atomic E-state index is -0.0371. The summed E-state index contributed by atoms with van der Waals surface area (Å²) in [5.74, 6) is 6.00. The highest BCUT2D eigenvalue weighted by molar-refractivity contribution is 8.01. The molecule has 0 aliphatic rings. The summed E-state index contributed by atoms with van der Waals surface area (Å²) in [4.78, 5) is 11.8. The Morgan fingerprint density at radius 2 is 2.15 bits per heavy atom. The quantitative estimate of drug-likeness (QED) is 0.843. The number of carbonyl (C=O) groups excluding carboxylic acids is 1. The highest BCUT2D eigenvalue weighted by Crippen LogP contribution is 2.24. The first-order valence-corrected chi connectivity index (χ1v) is 7.60. The molecule has 1 aromatic carbocycles. The zero-order valence-corrected chi connectivity index (χ0v) is 13.5. The highest BCUT2D eigenvalue weighted by atomic mass is 35.5. The van der Waals surface area contributed by atoms with E-state index < -0.39 is 0 Å². The third kappa shape index (κ3) is 6.33. The molecule has 0 radical (unpaired) electrons. The molecule has 0 heterocycles. The van der Waals surface area contributed by atoms with Crippen molar-refractivity contribution in [2.24, 2.45) is 5.73 Å². The van der Waals surface area contributed by atoms with Crippen molar-refractivity contribution in [2.45, 2.75) is 25.5 Å². The van der Waals surface area contributed by atoms with Crippen LogP contribution < -0.4 is 11.1 Å². The number of nitrogens with one attached hydrogen (secondary N) is 1. The number of thioether (sulfide) groups is 1. The van der Waals surface area contributed by atoms with E-state index in [0.717, 1.165) is 0 Å². The van der Waals surface area contributed by atoms with Crippen molar-refractivity contribution in [1.29, 1.82) is 0 Å². The first-order valence-electron chi connectivity index (χ1n) is 6.24. The Labute approximate surface area is 129 Å². The number of hydrogen-bond donors (Lipinski definition) is 2. The van der Waals surface area contributed by atoms with Crippen LogP contribution in [0.5, 0.6) is 0 Å². The van der Waals surface area contributed by atoms with E-state index in [2.05, 4.69) is 37.9 Å². The van der Waals surface area contributed by atoms with Crippen molar-refractivity contribution in [2.75, 3.05) is 17.6 Å². The average molecular weight is 311 g/mol. The van der Waals surface area contributed by atoms with E-state index in [-0.39, 0.29) is 17.2 Å². The maximum atomic E-state index is 11.8. The van der Waals surface area contributed by atoms with Gasteiger partial charge in [-0.05, 0) is 18.2 Å². The average Bonchev–Trinajstić information content (AvgIpc) is 2.36. The lowest BCUT2D eigenvalue weighted by atomic mass is 10.2. The molecular weight excluding hydrogens is 292 g/mol. The summed E-state index contributed by atoms with van der Waals surface area (Å²) in [7, 11) is 0. The van der Waals surface area contributed by atoms with Gasteiger partial charge < -0.3 is 11.1 Å². The summed E-state index contributed by atoms with van der Waals surface area (Å²) < 4.78 is 0.0646. The van der Waals surface area contributed by atoms with Crippen LogP contribution in [0.25, 0.3) is 0 Å². The molecule has 20 heavy (non-hydrogen) atoms. The fourth-order valence-corrected chi connectivity index (χ4v) is 2.13. The molecule has 0 bridgehead atoms. The summed E-state index contributed by atoms with van der Waals surface area (Å²) in [5, 5.41) is 3.39. The Kier molecular flexibility index (Phi) is 6.41. The third-order valence-corrected chi connectivity index (χ3v) is 3.81. The standard InChI is InChI=1S/C15H19ClN2OS/c1-15(2,3)20-10-14(19)18-12-6-7-13(16)11(9-12)5-4-8-17/h6-7,9H,8,10,17H2,1-3H3,(H,18,19). The molecule has 108 valence electrons. The van der Waals surface area contributed by atoms with Crippen LogP contribution in [0.3, 0.4) is 0 Å². The number of carbonyl (C=O) groups is 1. The molecule has 0 spiro atoms. The number of benzene rings is 1. The van der Waals surface area contributed by atoms with Crippen LogP contribution in [-0.4, -0.2) is 23.0 Å². The van der Waals surface area contributed by atoms with E-state index in [9.17, 15) is 4.79 Å². The molecule has 0 aromatic heterocycles. The Morgan fingerprint density at radius 3 is 2.75 bits per heavy atom. The number of halogens is 1. The predicted octanol–water partition coefficient (Wildman–Crippen LogP) is 3.12. The van der Waals surface area contributed by atoms with Gasteiger partial charge in [0.2, 0.25) is 5.91 Å². The summed E-state index contributed by atoms with van der Waals surface area (Å²) in [6, 6.07) is 5.23. The fourth-order valence-electron chi connectivity index (χ4n) is 1.32. The minimum Gasteiger partial charge on any atom is -0.325 e. The van der Waals surface area contributed by atoms with Gasteiger partial charge in [0.15, 0.2) is 0 Å². The van der Waals surface area contributed by atoms with Gasteiger partial charge in [-0.2, -0.15) is 0 Å². The third-order valence-electron chi connectivity index (χ3n) is 2.21. The predicted molar refractivity (Wildman–Crippen MR) is 88.2 cm³/mol. The first-order chi connectivity index (χ1) is 9.31. The maximum Gasteiger partial charge on any atom is 0.234 e. The summed E-state index contributed by atoms with van der Waals surface area (Å²) in [5.41, 5.74) is 6.69. The van der Waals surface area contributed by atoms with Crippen molar-refractivity contribution in [3.63, 3.8) is 0 Å². The second-order valence-electron chi connectivity index (χ2n) is 5.15. The fraction of sp³-hybridized carbons (Fsp3) is 0.400. The van der Waals surface area contributed by atoms with Crippen LogP contribution in [0.4, 0.5) is 5.69 Å². The molecule has 1 amide bonds. The van der Waals surface area contributed by atoms with Crippen LogP contribution in [0.2, 0.25) is 5.02 Å². The Balaban J connectivity index is 2.71. The molecule has 3 N–H and O–H groups in total. The van der Waals surface area contributed by atoms with Crippen LogP contribution in [0.15, 0.2) is 18.2 Å². The molecule has 1 aromatic rings. The number of hydrogen-bond acceptors (Lipinski definition) is 3. The molecule has 0 fully saturated rings. The van der Waals surface area contributed by atoms with Gasteiger partial charge in [0.25, 0.3) is 0 Å². The second-order valence-corrected chi connectivity index (χ2v) is 7.36. The second kappa shape index (κ2) is 7.58. The summed E-state index contributed by atoms with van der Waals surface area (Å²) in [6.07, 6.45) is 0. The van der Waals surface area contributed by atoms with Crippen LogP contribution in [-0.2, 0) is 4.79 Å². The SMILES string of the molecule is CC(C)(C)SCC(=O)Nc1ccc(Cl)c(C#CCN)c1. The van der Waals surface area contributed by atoms with E-state index in [0.29, 0.717) is 22.0 Å². The molecular formula is C15H19ClN2OS. The van der Waals surface area contributed by atoms with Gasteiger partial charge in [0.1, 0.15) is 0 Å². The zero-order chi connectivity index (χ0) is 15.2. The van der Waals surface area contributed by atoms with Gasteiger partial charge in [0.05, 0.1) is 17.3 Å². The van der Waals surface area contributed by atoms with E-state index in [4.69, 9.17) is 17.3 Å². The molecule has 0 aliphatic heterocycles. The molecule has 0 saturated heterocycles. The zero-order valence-electron chi connectivity index (χ0n) is 11.9. The van der Waals surface area contributed by atoms with Crippen molar-refractivity contribution in [1.82, 2.24) is 0 Å². The topological polar surface area (TPSA) is 55.1 Å². The number of nitrogens with two attached hydrogens (primary N) is 1. The van der Waals surface area contributed by atoms with Crippen molar-refractivity contribution in [3.05, 3.63) is 28.8 Å². The first kappa shape index (κ1) is 16.9. The lowest BCUT2D eigenvalue weighted by Gasteiger charge is -2.17. The van der Waals surface area contributed by atoms with Crippen LogP contribution >= 0.6 is 23.4 Å². The molecule has 0 unspecified atom stereocenters. The normalized spacial score (nSPS) is 10.7. The Hall–Kier alpha value is -1.15. The van der Waals surface area contributed by atoms with Crippen LogP contribution in [0, 0.1) is 11.8 Å². The monoisotopic (exact) mass is 310 g/mol. The van der Waals surface area contributed by atoms with E-state index in [1.165, 1.54) is 0 Å². The number of rotatable bonds is 3. The van der Waals surface area contributed by atoms with E-state index >= 15 is 0 Å². The molecule has 3 nitrogen and oxygen atoms in total. The number of amides is 1. The van der Waals surface area contributed by atoms with Gasteiger partial charge in [-0.1, -0.05) is 44.2 Å². The molecule has 5 heteroatoms. The lowest BCUT2D eigenvalue weighted by molar-refractivity contribution is -0.113. The largest absolute Gasteiger partial charge is 0.325 e. The number of anilines is 1.